The van der Waals surface area contributed by atoms with Gasteiger partial charge in [0, 0.05) is 30.0 Å². The third kappa shape index (κ3) is 6.04. The van der Waals surface area contributed by atoms with Gasteiger partial charge in [-0.3, -0.25) is 4.79 Å². The van der Waals surface area contributed by atoms with Crippen LogP contribution in [-0.4, -0.2) is 17.4 Å². The summed E-state index contributed by atoms with van der Waals surface area (Å²) in [5, 5.41) is 6.36. The first-order valence-corrected chi connectivity index (χ1v) is 10.4. The number of rotatable bonds is 9. The lowest BCUT2D eigenvalue weighted by atomic mass is 9.88. The highest BCUT2D eigenvalue weighted by atomic mass is 32.1. The van der Waals surface area contributed by atoms with E-state index in [0.29, 0.717) is 6.42 Å². The van der Waals surface area contributed by atoms with E-state index in [1.165, 1.54) is 16.1 Å². The van der Waals surface area contributed by atoms with E-state index >= 15 is 0 Å². The number of nitrogens with zero attached hydrogens (tertiary/aromatic N) is 1. The van der Waals surface area contributed by atoms with E-state index < -0.39 is 0 Å². The van der Waals surface area contributed by atoms with Crippen molar-refractivity contribution in [1.29, 1.82) is 0 Å². The molecule has 0 saturated carbocycles. The lowest BCUT2D eigenvalue weighted by molar-refractivity contribution is -0.121. The zero-order valence-electron chi connectivity index (χ0n) is 15.7. The monoisotopic (exact) mass is 378 g/mol. The zero-order chi connectivity index (χ0) is 18.9. The maximum Gasteiger partial charge on any atom is 0.220 e. The predicted molar refractivity (Wildman–Crippen MR) is 112 cm³/mol. The average Bonchev–Trinajstić information content (AvgIpc) is 3.12. The number of thiazole rings is 1. The van der Waals surface area contributed by atoms with Crippen molar-refractivity contribution in [3.8, 4) is 0 Å². The molecule has 0 fully saturated rings. The van der Waals surface area contributed by atoms with Crippen molar-refractivity contribution >= 4 is 17.2 Å². The fourth-order valence-corrected chi connectivity index (χ4v) is 4.02. The molecule has 3 aromatic rings. The second-order valence-corrected chi connectivity index (χ2v) is 7.71. The SMILES string of the molecule is Cc1csc(CCCCNC(=O)CC(c2ccccc2)c2ccccc2)n1. The minimum Gasteiger partial charge on any atom is -0.356 e. The summed E-state index contributed by atoms with van der Waals surface area (Å²) in [7, 11) is 0. The smallest absolute Gasteiger partial charge is 0.220 e. The van der Waals surface area contributed by atoms with Crippen molar-refractivity contribution in [3.05, 3.63) is 87.9 Å². The molecule has 2 aromatic carbocycles. The Morgan fingerprint density at radius 2 is 1.63 bits per heavy atom. The summed E-state index contributed by atoms with van der Waals surface area (Å²) in [6.07, 6.45) is 3.49. The highest BCUT2D eigenvalue weighted by Gasteiger charge is 2.17. The number of hydrogen-bond donors (Lipinski definition) is 1. The number of carbonyl (C=O) groups is 1. The minimum atomic E-state index is 0.0886. The second kappa shape index (κ2) is 10.0. The summed E-state index contributed by atoms with van der Waals surface area (Å²) >= 11 is 1.72. The number of carbonyl (C=O) groups excluding carboxylic acids is 1. The Balaban J connectivity index is 1.49. The average molecular weight is 379 g/mol. The topological polar surface area (TPSA) is 42.0 Å². The van der Waals surface area contributed by atoms with Gasteiger partial charge in [0.25, 0.3) is 0 Å². The van der Waals surface area contributed by atoms with Gasteiger partial charge in [0.2, 0.25) is 5.91 Å². The summed E-state index contributed by atoms with van der Waals surface area (Å²) in [6.45, 7) is 2.75. The molecule has 140 valence electrons. The number of amides is 1. The molecule has 0 atom stereocenters. The maximum atomic E-state index is 12.5. The molecule has 0 radical (unpaired) electrons. The summed E-state index contributed by atoms with van der Waals surface area (Å²) in [5.41, 5.74) is 3.45. The number of hydrogen-bond acceptors (Lipinski definition) is 3. The Hall–Kier alpha value is -2.46. The third-order valence-corrected chi connectivity index (χ3v) is 5.63. The Bertz CT molecular complexity index is 790. The highest BCUT2D eigenvalue weighted by Crippen LogP contribution is 2.27. The van der Waals surface area contributed by atoms with Crippen molar-refractivity contribution in [2.24, 2.45) is 0 Å². The second-order valence-electron chi connectivity index (χ2n) is 6.77. The lowest BCUT2D eigenvalue weighted by Gasteiger charge is -2.18. The maximum absolute atomic E-state index is 12.5. The van der Waals surface area contributed by atoms with E-state index in [9.17, 15) is 4.79 Å². The standard InChI is InChI=1S/C23H26N2OS/c1-18-17-27-23(25-18)14-8-9-15-24-22(26)16-21(19-10-4-2-5-11-19)20-12-6-3-7-13-20/h2-7,10-13,17,21H,8-9,14-16H2,1H3,(H,24,26). The molecule has 3 nitrogen and oxygen atoms in total. The van der Waals surface area contributed by atoms with Gasteiger partial charge >= 0.3 is 0 Å². The van der Waals surface area contributed by atoms with Crippen LogP contribution in [0.5, 0.6) is 0 Å². The van der Waals surface area contributed by atoms with Crippen LogP contribution in [0.4, 0.5) is 0 Å². The summed E-state index contributed by atoms with van der Waals surface area (Å²) in [6, 6.07) is 20.5. The first-order chi connectivity index (χ1) is 13.2. The third-order valence-electron chi connectivity index (χ3n) is 4.60. The van der Waals surface area contributed by atoms with Crippen LogP contribution in [0.15, 0.2) is 66.0 Å². The van der Waals surface area contributed by atoms with Gasteiger partial charge in [0.15, 0.2) is 0 Å². The molecule has 0 aliphatic heterocycles. The molecule has 4 heteroatoms. The predicted octanol–water partition coefficient (Wildman–Crippen LogP) is 5.11. The molecule has 3 rings (SSSR count). The van der Waals surface area contributed by atoms with E-state index in [1.54, 1.807) is 11.3 Å². The molecule has 1 aromatic heterocycles. The van der Waals surface area contributed by atoms with Crippen LogP contribution in [0, 0.1) is 6.92 Å². The highest BCUT2D eigenvalue weighted by molar-refractivity contribution is 7.09. The van der Waals surface area contributed by atoms with E-state index in [1.807, 2.05) is 43.3 Å². The largest absolute Gasteiger partial charge is 0.356 e. The first kappa shape index (κ1) is 19.3. The summed E-state index contributed by atoms with van der Waals surface area (Å²) in [4.78, 5) is 17.0. The van der Waals surface area contributed by atoms with Crippen LogP contribution in [0.2, 0.25) is 0 Å². The van der Waals surface area contributed by atoms with E-state index in [0.717, 1.165) is 31.5 Å². The summed E-state index contributed by atoms with van der Waals surface area (Å²) < 4.78 is 0. The van der Waals surface area contributed by atoms with Crippen molar-refractivity contribution in [1.82, 2.24) is 10.3 Å². The van der Waals surface area contributed by atoms with Gasteiger partial charge in [-0.2, -0.15) is 0 Å². The van der Waals surface area contributed by atoms with Gasteiger partial charge < -0.3 is 5.32 Å². The fourth-order valence-electron chi connectivity index (χ4n) is 3.20. The van der Waals surface area contributed by atoms with E-state index in [2.05, 4.69) is 39.9 Å². The summed E-state index contributed by atoms with van der Waals surface area (Å²) in [5.74, 6) is 0.198. The van der Waals surface area contributed by atoms with Crippen LogP contribution in [0.3, 0.4) is 0 Å². The first-order valence-electron chi connectivity index (χ1n) is 9.50. The molecule has 0 saturated heterocycles. The molecule has 1 heterocycles. The normalized spacial score (nSPS) is 10.9. The van der Waals surface area contributed by atoms with Gasteiger partial charge in [-0.1, -0.05) is 60.7 Å². The molecule has 0 bridgehead atoms. The van der Waals surface area contributed by atoms with Gasteiger partial charge in [0.05, 0.1) is 5.01 Å². The van der Waals surface area contributed by atoms with Gasteiger partial charge in [-0.25, -0.2) is 4.98 Å². The van der Waals surface area contributed by atoms with Crippen LogP contribution in [0.25, 0.3) is 0 Å². The Morgan fingerprint density at radius 1 is 1.00 bits per heavy atom. The Morgan fingerprint density at radius 3 is 2.19 bits per heavy atom. The molecule has 1 amide bonds. The number of aromatic nitrogens is 1. The van der Waals surface area contributed by atoms with Gasteiger partial charge in [0.1, 0.15) is 0 Å². The molecule has 0 spiro atoms. The van der Waals surface area contributed by atoms with Crippen molar-refractivity contribution in [2.45, 2.75) is 38.5 Å². The molecule has 27 heavy (non-hydrogen) atoms. The fraction of sp³-hybridized carbons (Fsp3) is 0.304. The van der Waals surface area contributed by atoms with Crippen molar-refractivity contribution in [2.75, 3.05) is 6.54 Å². The number of nitrogens with one attached hydrogen (secondary N) is 1. The van der Waals surface area contributed by atoms with Crippen molar-refractivity contribution < 1.29 is 4.79 Å². The van der Waals surface area contributed by atoms with Crippen LogP contribution in [0.1, 0.15) is 47.0 Å². The number of benzene rings is 2. The molecule has 0 aliphatic rings. The molecule has 0 aliphatic carbocycles. The lowest BCUT2D eigenvalue weighted by Crippen LogP contribution is -2.26. The Labute approximate surface area is 165 Å². The van der Waals surface area contributed by atoms with E-state index in [-0.39, 0.29) is 11.8 Å². The van der Waals surface area contributed by atoms with Crippen LogP contribution < -0.4 is 5.32 Å². The molecular weight excluding hydrogens is 352 g/mol. The number of unbranched alkanes of at least 4 members (excludes halogenated alkanes) is 1. The molecular formula is C23H26N2OS. The Kier molecular flexibility index (Phi) is 7.17. The van der Waals surface area contributed by atoms with Crippen molar-refractivity contribution in [3.63, 3.8) is 0 Å². The zero-order valence-corrected chi connectivity index (χ0v) is 16.5. The van der Waals surface area contributed by atoms with Gasteiger partial charge in [-0.15, -0.1) is 11.3 Å². The number of aryl methyl sites for hydroxylation is 2. The minimum absolute atomic E-state index is 0.0886. The molecule has 1 N–H and O–H groups in total. The van der Waals surface area contributed by atoms with Crippen LogP contribution in [-0.2, 0) is 11.2 Å². The van der Waals surface area contributed by atoms with Crippen LogP contribution >= 0.6 is 11.3 Å². The van der Waals surface area contributed by atoms with Gasteiger partial charge in [-0.05, 0) is 37.3 Å². The quantitative estimate of drug-likeness (QED) is 0.526. The molecule has 0 unspecified atom stereocenters. The van der Waals surface area contributed by atoms with E-state index in [4.69, 9.17) is 0 Å².